The molecule has 0 atom stereocenters. The third kappa shape index (κ3) is 3.28. The number of amides is 1. The topological polar surface area (TPSA) is 42.4 Å². The van der Waals surface area contributed by atoms with Crippen LogP contribution >= 0.6 is 24.0 Å². The minimum Gasteiger partial charge on any atom is -0.492 e. The zero-order valence-corrected chi connectivity index (χ0v) is 14.1. The van der Waals surface area contributed by atoms with Crippen molar-refractivity contribution in [2.45, 2.75) is 6.92 Å². The van der Waals surface area contributed by atoms with E-state index in [1.54, 1.807) is 18.5 Å². The molecule has 1 aliphatic rings. The lowest BCUT2D eigenvalue weighted by Gasteiger charge is -2.18. The molecule has 0 N–H and O–H groups in total. The SMILES string of the molecule is CCOc1ccccc1N1C(=O)C(=Cc2cccnc2)SC1=S. The molecule has 0 radical (unpaired) electrons. The lowest BCUT2D eigenvalue weighted by atomic mass is 10.2. The number of benzene rings is 1. The number of pyridine rings is 1. The Hall–Kier alpha value is -2.18. The molecule has 4 nitrogen and oxygen atoms in total. The molecule has 1 aromatic carbocycles. The van der Waals surface area contributed by atoms with E-state index in [1.807, 2.05) is 43.3 Å². The zero-order chi connectivity index (χ0) is 16.2. The molecule has 1 aromatic heterocycles. The van der Waals surface area contributed by atoms with Crippen LogP contribution < -0.4 is 9.64 Å². The highest BCUT2D eigenvalue weighted by Gasteiger charge is 2.34. The predicted molar refractivity (Wildman–Crippen MR) is 97.5 cm³/mol. The summed E-state index contributed by atoms with van der Waals surface area (Å²) in [5.74, 6) is 0.505. The van der Waals surface area contributed by atoms with Crippen molar-refractivity contribution in [3.63, 3.8) is 0 Å². The molecule has 2 aromatic rings. The van der Waals surface area contributed by atoms with Crippen molar-refractivity contribution in [2.75, 3.05) is 11.5 Å². The van der Waals surface area contributed by atoms with E-state index in [0.717, 1.165) is 5.56 Å². The lowest BCUT2D eigenvalue weighted by molar-refractivity contribution is -0.113. The molecule has 0 spiro atoms. The van der Waals surface area contributed by atoms with Crippen LogP contribution in [0.15, 0.2) is 53.7 Å². The van der Waals surface area contributed by atoms with Crippen LogP contribution in [0.1, 0.15) is 12.5 Å². The highest BCUT2D eigenvalue weighted by Crippen LogP contribution is 2.39. The third-order valence-electron chi connectivity index (χ3n) is 3.18. The molecule has 6 heteroatoms. The number of rotatable bonds is 4. The van der Waals surface area contributed by atoms with Gasteiger partial charge in [0.2, 0.25) is 0 Å². The van der Waals surface area contributed by atoms with Gasteiger partial charge in [-0.1, -0.05) is 42.2 Å². The first kappa shape index (κ1) is 15.7. The Morgan fingerprint density at radius 3 is 2.87 bits per heavy atom. The molecule has 3 rings (SSSR count). The smallest absolute Gasteiger partial charge is 0.270 e. The molecular weight excluding hydrogens is 328 g/mol. The molecule has 0 unspecified atom stereocenters. The van der Waals surface area contributed by atoms with Crippen molar-refractivity contribution in [3.8, 4) is 5.75 Å². The summed E-state index contributed by atoms with van der Waals surface area (Å²) in [6, 6.07) is 11.1. The first-order valence-corrected chi connectivity index (χ1v) is 8.33. The number of thioether (sulfide) groups is 1. The lowest BCUT2D eigenvalue weighted by Crippen LogP contribution is -2.28. The van der Waals surface area contributed by atoms with Crippen molar-refractivity contribution in [2.24, 2.45) is 0 Å². The van der Waals surface area contributed by atoms with Crippen LogP contribution in [0.3, 0.4) is 0 Å². The van der Waals surface area contributed by atoms with Crippen LogP contribution in [-0.4, -0.2) is 21.8 Å². The Morgan fingerprint density at radius 2 is 2.13 bits per heavy atom. The van der Waals surface area contributed by atoms with E-state index in [2.05, 4.69) is 4.98 Å². The van der Waals surface area contributed by atoms with E-state index >= 15 is 0 Å². The van der Waals surface area contributed by atoms with Crippen LogP contribution in [0, 0.1) is 0 Å². The Bertz CT molecular complexity index is 775. The number of nitrogens with zero attached hydrogens (tertiary/aromatic N) is 2. The molecule has 2 heterocycles. The largest absolute Gasteiger partial charge is 0.492 e. The molecule has 1 saturated heterocycles. The van der Waals surface area contributed by atoms with E-state index in [4.69, 9.17) is 17.0 Å². The number of ether oxygens (including phenoxy) is 1. The van der Waals surface area contributed by atoms with E-state index in [0.29, 0.717) is 27.3 Å². The monoisotopic (exact) mass is 342 g/mol. The Balaban J connectivity index is 1.95. The van der Waals surface area contributed by atoms with Gasteiger partial charge in [0.25, 0.3) is 5.91 Å². The van der Waals surface area contributed by atoms with Crippen molar-refractivity contribution < 1.29 is 9.53 Å². The maximum atomic E-state index is 12.8. The van der Waals surface area contributed by atoms with Crippen LogP contribution in [0.5, 0.6) is 5.75 Å². The van der Waals surface area contributed by atoms with Gasteiger partial charge in [-0.25, -0.2) is 0 Å². The fourth-order valence-corrected chi connectivity index (χ4v) is 3.49. The maximum absolute atomic E-state index is 12.8. The average molecular weight is 342 g/mol. The van der Waals surface area contributed by atoms with Crippen LogP contribution in [0.2, 0.25) is 0 Å². The van der Waals surface area contributed by atoms with Gasteiger partial charge in [-0.15, -0.1) is 0 Å². The first-order chi connectivity index (χ1) is 11.2. The molecule has 23 heavy (non-hydrogen) atoms. The van der Waals surface area contributed by atoms with Gasteiger partial charge in [0.1, 0.15) is 5.75 Å². The van der Waals surface area contributed by atoms with Crippen LogP contribution in [0.4, 0.5) is 5.69 Å². The van der Waals surface area contributed by atoms with Gasteiger partial charge in [0.05, 0.1) is 17.2 Å². The number of hydrogen-bond acceptors (Lipinski definition) is 5. The second-order valence-corrected chi connectivity index (χ2v) is 6.38. The van der Waals surface area contributed by atoms with E-state index in [9.17, 15) is 4.79 Å². The molecule has 1 fully saturated rings. The number of carbonyl (C=O) groups excluding carboxylic acids is 1. The summed E-state index contributed by atoms with van der Waals surface area (Å²) >= 11 is 6.68. The molecule has 116 valence electrons. The summed E-state index contributed by atoms with van der Waals surface area (Å²) < 4.78 is 6.10. The second kappa shape index (κ2) is 6.93. The summed E-state index contributed by atoms with van der Waals surface area (Å²) in [6.07, 6.45) is 5.21. The quantitative estimate of drug-likeness (QED) is 0.623. The third-order valence-corrected chi connectivity index (χ3v) is 4.48. The van der Waals surface area contributed by atoms with E-state index in [-0.39, 0.29) is 5.91 Å². The minimum atomic E-state index is -0.143. The molecular formula is C17H14N2O2S2. The number of para-hydroxylation sites is 2. The molecule has 1 amide bonds. The number of anilines is 1. The molecule has 1 aliphatic heterocycles. The Labute approximate surface area is 144 Å². The summed E-state index contributed by atoms with van der Waals surface area (Å²) in [4.78, 5) is 18.9. The van der Waals surface area contributed by atoms with Gasteiger partial charge >= 0.3 is 0 Å². The van der Waals surface area contributed by atoms with Gasteiger partial charge in [-0.05, 0) is 36.8 Å². The Morgan fingerprint density at radius 1 is 1.30 bits per heavy atom. The predicted octanol–water partition coefficient (Wildman–Crippen LogP) is 3.89. The molecule has 0 bridgehead atoms. The van der Waals surface area contributed by atoms with Gasteiger partial charge in [0.15, 0.2) is 4.32 Å². The summed E-state index contributed by atoms with van der Waals surface area (Å²) in [7, 11) is 0. The number of carbonyl (C=O) groups is 1. The summed E-state index contributed by atoms with van der Waals surface area (Å²) in [5, 5.41) is 0. The van der Waals surface area contributed by atoms with E-state index in [1.165, 1.54) is 16.7 Å². The fourth-order valence-electron chi connectivity index (χ4n) is 2.21. The minimum absolute atomic E-state index is 0.143. The van der Waals surface area contributed by atoms with Gasteiger partial charge in [-0.3, -0.25) is 14.7 Å². The van der Waals surface area contributed by atoms with Crippen LogP contribution in [0.25, 0.3) is 6.08 Å². The maximum Gasteiger partial charge on any atom is 0.270 e. The summed E-state index contributed by atoms with van der Waals surface area (Å²) in [5.41, 5.74) is 1.54. The van der Waals surface area contributed by atoms with Gasteiger partial charge in [-0.2, -0.15) is 0 Å². The highest BCUT2D eigenvalue weighted by molar-refractivity contribution is 8.27. The average Bonchev–Trinajstić information content (AvgIpc) is 2.83. The van der Waals surface area contributed by atoms with Crippen LogP contribution in [-0.2, 0) is 4.79 Å². The standard InChI is InChI=1S/C17H14N2O2S2/c1-2-21-14-8-4-3-7-13(14)19-16(20)15(23-17(19)22)10-12-6-5-9-18-11-12/h3-11H,2H2,1H3. The normalized spacial score (nSPS) is 16.2. The van der Waals surface area contributed by atoms with Gasteiger partial charge in [0, 0.05) is 12.4 Å². The van der Waals surface area contributed by atoms with E-state index < -0.39 is 0 Å². The first-order valence-electron chi connectivity index (χ1n) is 7.10. The van der Waals surface area contributed by atoms with Crippen molar-refractivity contribution in [1.82, 2.24) is 4.98 Å². The highest BCUT2D eigenvalue weighted by atomic mass is 32.2. The number of aromatic nitrogens is 1. The molecule has 0 aliphatic carbocycles. The zero-order valence-electron chi connectivity index (χ0n) is 12.4. The van der Waals surface area contributed by atoms with Crippen molar-refractivity contribution in [3.05, 3.63) is 59.3 Å². The number of hydrogen-bond donors (Lipinski definition) is 0. The second-order valence-electron chi connectivity index (χ2n) is 4.70. The molecule has 0 saturated carbocycles. The van der Waals surface area contributed by atoms with Crippen molar-refractivity contribution >= 4 is 46.0 Å². The summed E-state index contributed by atoms with van der Waals surface area (Å²) in [6.45, 7) is 2.43. The Kier molecular flexibility index (Phi) is 4.73. The van der Waals surface area contributed by atoms with Gasteiger partial charge < -0.3 is 4.74 Å². The number of thiocarbonyl (C=S) groups is 1. The fraction of sp³-hybridized carbons (Fsp3) is 0.118. The van der Waals surface area contributed by atoms with Crippen molar-refractivity contribution in [1.29, 1.82) is 0 Å².